The molecular weight excluding hydrogens is 262 g/mol. The summed E-state index contributed by atoms with van der Waals surface area (Å²) in [5, 5.41) is 0. The molecule has 1 aromatic heterocycles. The number of hydrogen-bond donors (Lipinski definition) is 2. The number of pyridine rings is 1. The Morgan fingerprint density at radius 1 is 1.19 bits per heavy atom. The van der Waals surface area contributed by atoms with Crippen molar-refractivity contribution in [2.75, 3.05) is 37.0 Å². The van der Waals surface area contributed by atoms with Crippen molar-refractivity contribution < 1.29 is 0 Å². The molecule has 0 amide bonds. The van der Waals surface area contributed by atoms with Crippen molar-refractivity contribution in [3.05, 3.63) is 54.2 Å². The number of anilines is 2. The van der Waals surface area contributed by atoms with Crippen LogP contribution in [0, 0.1) is 0 Å². The zero-order chi connectivity index (χ0) is 14.7. The van der Waals surface area contributed by atoms with Crippen molar-refractivity contribution in [2.45, 2.75) is 6.04 Å². The quantitative estimate of drug-likeness (QED) is 0.665. The second-order valence-corrected chi connectivity index (χ2v) is 5.43. The summed E-state index contributed by atoms with van der Waals surface area (Å²) in [6.07, 6.45) is 1.80. The van der Waals surface area contributed by atoms with Crippen molar-refractivity contribution in [3.63, 3.8) is 0 Å². The lowest BCUT2D eigenvalue weighted by atomic mass is 10.0. The van der Waals surface area contributed by atoms with Crippen LogP contribution in [-0.4, -0.2) is 36.6 Å². The predicted octanol–water partition coefficient (Wildman–Crippen LogP) is 1.86. The Labute approximate surface area is 125 Å². The van der Waals surface area contributed by atoms with Gasteiger partial charge in [0.15, 0.2) is 0 Å². The van der Waals surface area contributed by atoms with Crippen molar-refractivity contribution in [1.29, 1.82) is 0 Å². The van der Waals surface area contributed by atoms with Crippen molar-refractivity contribution in [1.82, 2.24) is 9.88 Å². The van der Waals surface area contributed by atoms with Crippen LogP contribution in [0.15, 0.2) is 48.7 Å². The first-order chi connectivity index (χ1) is 10.3. The van der Waals surface area contributed by atoms with Gasteiger partial charge in [-0.2, -0.15) is 0 Å². The molecule has 1 aliphatic rings. The zero-order valence-electron chi connectivity index (χ0n) is 12.2. The zero-order valence-corrected chi connectivity index (χ0v) is 12.2. The standard InChI is InChI=1S/C16H21N5/c1-20-9-10-21(14-7-8-18-16(11-14)19-17)15(12-20)13-5-3-2-4-6-13/h2-8,11,15H,9-10,12,17H2,1H3,(H,18,19). The van der Waals surface area contributed by atoms with E-state index in [0.717, 1.165) is 25.3 Å². The minimum Gasteiger partial charge on any atom is -0.362 e. The van der Waals surface area contributed by atoms with Gasteiger partial charge in [0.1, 0.15) is 5.82 Å². The predicted molar refractivity (Wildman–Crippen MR) is 86.1 cm³/mol. The third-order valence-corrected chi connectivity index (χ3v) is 3.99. The summed E-state index contributed by atoms with van der Waals surface area (Å²) in [7, 11) is 2.17. The SMILES string of the molecule is CN1CCN(c2ccnc(NN)c2)C(c2ccccc2)C1. The Morgan fingerprint density at radius 2 is 2.00 bits per heavy atom. The third-order valence-electron chi connectivity index (χ3n) is 3.99. The lowest BCUT2D eigenvalue weighted by Crippen LogP contribution is -2.47. The minimum atomic E-state index is 0.345. The van der Waals surface area contributed by atoms with E-state index in [4.69, 9.17) is 5.84 Å². The van der Waals surface area contributed by atoms with Gasteiger partial charge >= 0.3 is 0 Å². The number of hydrazine groups is 1. The fraction of sp³-hybridized carbons (Fsp3) is 0.312. The largest absolute Gasteiger partial charge is 0.362 e. The number of piperazine rings is 1. The van der Waals surface area contributed by atoms with E-state index in [1.165, 1.54) is 5.56 Å². The van der Waals surface area contributed by atoms with E-state index in [-0.39, 0.29) is 0 Å². The average molecular weight is 283 g/mol. The molecule has 0 bridgehead atoms. The normalized spacial score (nSPS) is 19.5. The number of hydrogen-bond acceptors (Lipinski definition) is 5. The first kappa shape index (κ1) is 13.9. The van der Waals surface area contributed by atoms with E-state index in [9.17, 15) is 0 Å². The second kappa shape index (κ2) is 6.11. The highest BCUT2D eigenvalue weighted by Gasteiger charge is 2.26. The Morgan fingerprint density at radius 3 is 2.76 bits per heavy atom. The maximum atomic E-state index is 5.48. The Balaban J connectivity index is 1.94. The van der Waals surface area contributed by atoms with Crippen molar-refractivity contribution in [2.24, 2.45) is 5.84 Å². The molecule has 1 saturated heterocycles. The summed E-state index contributed by atoms with van der Waals surface area (Å²) in [4.78, 5) is 8.99. The van der Waals surface area contributed by atoms with Crippen LogP contribution >= 0.6 is 0 Å². The molecule has 0 radical (unpaired) electrons. The lowest BCUT2D eigenvalue weighted by molar-refractivity contribution is 0.269. The molecular formula is C16H21N5. The lowest BCUT2D eigenvalue weighted by Gasteiger charge is -2.42. The van der Waals surface area contributed by atoms with Crippen LogP contribution in [0.1, 0.15) is 11.6 Å². The Bertz CT molecular complexity index is 586. The minimum absolute atomic E-state index is 0.345. The van der Waals surface area contributed by atoms with Gasteiger partial charge in [-0.05, 0) is 18.7 Å². The number of nitrogens with one attached hydrogen (secondary N) is 1. The van der Waals surface area contributed by atoms with Crippen LogP contribution in [0.4, 0.5) is 11.5 Å². The molecule has 0 saturated carbocycles. The van der Waals surface area contributed by atoms with Crippen LogP contribution in [0.25, 0.3) is 0 Å². The average Bonchev–Trinajstić information content (AvgIpc) is 2.55. The van der Waals surface area contributed by atoms with Crippen LogP contribution < -0.4 is 16.2 Å². The molecule has 1 aromatic carbocycles. The van der Waals surface area contributed by atoms with Crippen LogP contribution in [0.2, 0.25) is 0 Å². The first-order valence-corrected chi connectivity index (χ1v) is 7.21. The summed E-state index contributed by atoms with van der Waals surface area (Å²) >= 11 is 0. The van der Waals surface area contributed by atoms with E-state index >= 15 is 0 Å². The molecule has 110 valence electrons. The first-order valence-electron chi connectivity index (χ1n) is 7.21. The number of benzene rings is 1. The number of nitrogens with two attached hydrogens (primary N) is 1. The number of nitrogen functional groups attached to an aromatic ring is 1. The maximum absolute atomic E-state index is 5.48. The fourth-order valence-corrected chi connectivity index (χ4v) is 2.87. The van der Waals surface area contributed by atoms with Gasteiger partial charge in [-0.25, -0.2) is 10.8 Å². The number of aromatic nitrogens is 1. The Hall–Kier alpha value is -2.11. The van der Waals surface area contributed by atoms with Crippen LogP contribution in [-0.2, 0) is 0 Å². The highest BCUT2D eigenvalue weighted by Crippen LogP contribution is 2.30. The fourth-order valence-electron chi connectivity index (χ4n) is 2.87. The summed E-state index contributed by atoms with van der Waals surface area (Å²) in [5.41, 5.74) is 5.11. The number of rotatable bonds is 3. The van der Waals surface area contributed by atoms with Crippen LogP contribution in [0.3, 0.4) is 0 Å². The van der Waals surface area contributed by atoms with E-state index < -0.39 is 0 Å². The summed E-state index contributed by atoms with van der Waals surface area (Å²) in [5.74, 6) is 6.17. The summed E-state index contributed by atoms with van der Waals surface area (Å²) in [6.45, 7) is 3.05. The Kier molecular flexibility index (Phi) is 4.03. The van der Waals surface area contributed by atoms with Gasteiger partial charge in [0.2, 0.25) is 0 Å². The van der Waals surface area contributed by atoms with Crippen molar-refractivity contribution in [3.8, 4) is 0 Å². The van der Waals surface area contributed by atoms with Gasteiger partial charge in [0.05, 0.1) is 6.04 Å². The topological polar surface area (TPSA) is 57.4 Å². The monoisotopic (exact) mass is 283 g/mol. The maximum Gasteiger partial charge on any atom is 0.141 e. The summed E-state index contributed by atoms with van der Waals surface area (Å²) in [6, 6.07) is 15.0. The molecule has 0 aliphatic carbocycles. The highest BCUT2D eigenvalue weighted by atomic mass is 15.3. The van der Waals surface area contributed by atoms with Gasteiger partial charge in [0.25, 0.3) is 0 Å². The van der Waals surface area contributed by atoms with Gasteiger partial charge in [-0.1, -0.05) is 30.3 Å². The molecule has 3 rings (SSSR count). The number of nitrogens with zero attached hydrogens (tertiary/aromatic N) is 3. The molecule has 2 heterocycles. The molecule has 1 fully saturated rings. The molecule has 21 heavy (non-hydrogen) atoms. The van der Waals surface area contributed by atoms with Gasteiger partial charge in [-0.15, -0.1) is 0 Å². The summed E-state index contributed by atoms with van der Waals surface area (Å²) < 4.78 is 0. The third kappa shape index (κ3) is 2.99. The van der Waals surface area contributed by atoms with E-state index in [0.29, 0.717) is 11.9 Å². The smallest absolute Gasteiger partial charge is 0.141 e. The van der Waals surface area contributed by atoms with Gasteiger partial charge < -0.3 is 15.2 Å². The molecule has 5 nitrogen and oxygen atoms in total. The van der Waals surface area contributed by atoms with E-state index in [1.54, 1.807) is 6.20 Å². The molecule has 2 aromatic rings. The molecule has 3 N–H and O–H groups in total. The second-order valence-electron chi connectivity index (χ2n) is 5.43. The van der Waals surface area contributed by atoms with E-state index in [2.05, 4.69) is 57.6 Å². The molecule has 1 unspecified atom stereocenters. The van der Waals surface area contributed by atoms with Gasteiger partial charge in [-0.3, -0.25) is 0 Å². The van der Waals surface area contributed by atoms with E-state index in [1.807, 2.05) is 12.1 Å². The number of likely N-dealkylation sites (N-methyl/N-ethyl adjacent to an activating group) is 1. The molecule has 1 aliphatic heterocycles. The van der Waals surface area contributed by atoms with Gasteiger partial charge in [0, 0.05) is 37.6 Å². The van der Waals surface area contributed by atoms with Crippen molar-refractivity contribution >= 4 is 11.5 Å². The highest BCUT2D eigenvalue weighted by molar-refractivity contribution is 5.55. The molecule has 1 atom stereocenters. The van der Waals surface area contributed by atoms with Crippen LogP contribution in [0.5, 0.6) is 0 Å². The molecule has 0 spiro atoms. The molecule has 5 heteroatoms.